The van der Waals surface area contributed by atoms with Crippen molar-refractivity contribution >= 4 is 17.5 Å². The Kier molecular flexibility index (Phi) is 3.17. The first-order valence-electron chi connectivity index (χ1n) is 6.56. The van der Waals surface area contributed by atoms with Crippen molar-refractivity contribution in [3.8, 4) is 5.75 Å². The molecule has 1 unspecified atom stereocenters. The van der Waals surface area contributed by atoms with Gasteiger partial charge in [0.25, 0.3) is 0 Å². The highest BCUT2D eigenvalue weighted by Crippen LogP contribution is 2.39. The normalized spacial score (nSPS) is 17.1. The number of nitro groups is 1. The summed E-state index contributed by atoms with van der Waals surface area (Å²) in [4.78, 5) is 10.1. The van der Waals surface area contributed by atoms with Crippen LogP contribution in [0.25, 0.3) is 0 Å². The van der Waals surface area contributed by atoms with E-state index in [1.807, 2.05) is 32.0 Å². The predicted octanol–water partition coefficient (Wildman–Crippen LogP) is 4.23. The number of hydrogen-bond donors (Lipinski definition) is 0. The van der Waals surface area contributed by atoms with Crippen LogP contribution in [0.2, 0.25) is 0 Å². The van der Waals surface area contributed by atoms with Gasteiger partial charge in [0.1, 0.15) is 27.4 Å². The average molecular weight is 308 g/mol. The molecule has 0 bridgehead atoms. The maximum Gasteiger partial charge on any atom is 0.433 e. The maximum atomic E-state index is 10.7. The van der Waals surface area contributed by atoms with Crippen molar-refractivity contribution in [3.05, 3.63) is 57.3 Å². The van der Waals surface area contributed by atoms with E-state index >= 15 is 0 Å². The van der Waals surface area contributed by atoms with E-state index < -0.39 is 10.3 Å². The van der Waals surface area contributed by atoms with Crippen LogP contribution >= 0.6 is 11.6 Å². The van der Waals surface area contributed by atoms with Crippen LogP contribution in [0.5, 0.6) is 5.75 Å². The number of furan rings is 1. The minimum atomic E-state index is -0.577. The Labute approximate surface area is 126 Å². The lowest BCUT2D eigenvalue weighted by atomic mass is 9.99. The summed E-state index contributed by atoms with van der Waals surface area (Å²) in [5.74, 6) is 0.917. The minimum Gasteiger partial charge on any atom is -0.487 e. The standard InChI is InChI=1S/C15H14ClNO4/c1-15(2)8-10-7-9(3-4-11(10)21-15)14(16)12-5-6-13(20-12)17(18)19/h3-7,14H,8H2,1-2H3. The summed E-state index contributed by atoms with van der Waals surface area (Å²) in [6, 6.07) is 8.54. The minimum absolute atomic E-state index is 0.216. The quantitative estimate of drug-likeness (QED) is 0.483. The molecule has 1 aromatic carbocycles. The molecule has 0 amide bonds. The first kappa shape index (κ1) is 13.9. The van der Waals surface area contributed by atoms with Gasteiger partial charge in [-0.05, 0) is 37.1 Å². The number of hydrogen-bond acceptors (Lipinski definition) is 4. The molecule has 110 valence electrons. The third-order valence-corrected chi connectivity index (χ3v) is 3.89. The number of benzene rings is 1. The van der Waals surface area contributed by atoms with Gasteiger partial charge in [-0.1, -0.05) is 12.1 Å². The van der Waals surface area contributed by atoms with Crippen LogP contribution < -0.4 is 4.74 Å². The van der Waals surface area contributed by atoms with Crippen molar-refractivity contribution in [3.63, 3.8) is 0 Å². The molecule has 5 nitrogen and oxygen atoms in total. The maximum absolute atomic E-state index is 10.7. The van der Waals surface area contributed by atoms with Crippen LogP contribution in [0.15, 0.2) is 34.7 Å². The molecule has 2 aromatic rings. The molecule has 1 aliphatic rings. The molecule has 1 aliphatic heterocycles. The number of nitrogens with zero attached hydrogens (tertiary/aromatic N) is 1. The number of alkyl halides is 1. The Hall–Kier alpha value is -2.01. The van der Waals surface area contributed by atoms with Gasteiger partial charge in [0.2, 0.25) is 0 Å². The summed E-state index contributed by atoms with van der Waals surface area (Å²) in [7, 11) is 0. The second kappa shape index (κ2) is 4.77. The van der Waals surface area contributed by atoms with E-state index in [1.165, 1.54) is 12.1 Å². The van der Waals surface area contributed by atoms with Gasteiger partial charge < -0.3 is 9.15 Å². The van der Waals surface area contributed by atoms with Gasteiger partial charge in [0, 0.05) is 6.42 Å². The van der Waals surface area contributed by atoms with E-state index in [9.17, 15) is 10.1 Å². The summed E-state index contributed by atoms with van der Waals surface area (Å²) in [5, 5.41) is 10.1. The van der Waals surface area contributed by atoms with E-state index in [0.29, 0.717) is 5.76 Å². The lowest BCUT2D eigenvalue weighted by Crippen LogP contribution is -2.24. The molecule has 1 aromatic heterocycles. The second-order valence-corrected chi connectivity index (χ2v) is 6.14. The van der Waals surface area contributed by atoms with Crippen LogP contribution in [0, 0.1) is 10.1 Å². The Morgan fingerprint density at radius 3 is 2.76 bits per heavy atom. The SMILES string of the molecule is CC1(C)Cc2cc(C(Cl)c3ccc([N+](=O)[O-])o3)ccc2O1. The van der Waals surface area contributed by atoms with Crippen LogP contribution in [0.4, 0.5) is 5.88 Å². The number of ether oxygens (including phenoxy) is 1. The zero-order valence-electron chi connectivity index (χ0n) is 11.6. The van der Waals surface area contributed by atoms with Gasteiger partial charge >= 0.3 is 5.88 Å². The largest absolute Gasteiger partial charge is 0.487 e. The molecule has 1 atom stereocenters. The predicted molar refractivity (Wildman–Crippen MR) is 77.9 cm³/mol. The van der Waals surface area contributed by atoms with Gasteiger partial charge in [-0.25, -0.2) is 0 Å². The number of halogens is 1. The van der Waals surface area contributed by atoms with Crippen LogP contribution in [-0.2, 0) is 6.42 Å². The summed E-state index contributed by atoms with van der Waals surface area (Å²) >= 11 is 6.37. The van der Waals surface area contributed by atoms with E-state index in [-0.39, 0.29) is 11.5 Å². The number of rotatable bonds is 3. The summed E-state index contributed by atoms with van der Waals surface area (Å²) in [6.07, 6.45) is 0.804. The van der Waals surface area contributed by atoms with Gasteiger partial charge in [0.15, 0.2) is 0 Å². The molecular formula is C15H14ClNO4. The molecule has 0 spiro atoms. The molecular weight excluding hydrogens is 294 g/mol. The monoisotopic (exact) mass is 307 g/mol. The first-order valence-corrected chi connectivity index (χ1v) is 6.99. The second-order valence-electron chi connectivity index (χ2n) is 5.70. The van der Waals surface area contributed by atoms with Crippen molar-refractivity contribution in [1.29, 1.82) is 0 Å². The van der Waals surface area contributed by atoms with Gasteiger partial charge in [-0.15, -0.1) is 11.6 Å². The van der Waals surface area contributed by atoms with Crippen LogP contribution in [-0.4, -0.2) is 10.5 Å². The van der Waals surface area contributed by atoms with Gasteiger partial charge in [0.05, 0.1) is 6.07 Å². The van der Waals surface area contributed by atoms with Crippen molar-refractivity contribution in [2.75, 3.05) is 0 Å². The molecule has 3 rings (SSSR count). The zero-order chi connectivity index (χ0) is 15.2. The fourth-order valence-corrected chi connectivity index (χ4v) is 2.78. The van der Waals surface area contributed by atoms with Gasteiger partial charge in [-0.2, -0.15) is 0 Å². The Morgan fingerprint density at radius 1 is 1.33 bits per heavy atom. The first-order chi connectivity index (χ1) is 9.85. The lowest BCUT2D eigenvalue weighted by Gasteiger charge is -2.16. The van der Waals surface area contributed by atoms with Crippen molar-refractivity contribution in [2.24, 2.45) is 0 Å². The van der Waals surface area contributed by atoms with E-state index in [0.717, 1.165) is 23.3 Å². The van der Waals surface area contributed by atoms with E-state index in [1.54, 1.807) is 0 Å². The lowest BCUT2D eigenvalue weighted by molar-refractivity contribution is -0.402. The molecule has 0 N–H and O–H groups in total. The average Bonchev–Trinajstić information content (AvgIpc) is 2.99. The molecule has 21 heavy (non-hydrogen) atoms. The van der Waals surface area contributed by atoms with Crippen LogP contribution in [0.3, 0.4) is 0 Å². The fraction of sp³-hybridized carbons (Fsp3) is 0.333. The fourth-order valence-electron chi connectivity index (χ4n) is 2.53. The van der Waals surface area contributed by atoms with E-state index in [2.05, 4.69) is 0 Å². The highest BCUT2D eigenvalue weighted by Gasteiger charge is 2.31. The molecule has 0 fully saturated rings. The molecule has 0 saturated carbocycles. The Morgan fingerprint density at radius 2 is 2.10 bits per heavy atom. The highest BCUT2D eigenvalue weighted by atomic mass is 35.5. The Balaban J connectivity index is 1.89. The van der Waals surface area contributed by atoms with Crippen LogP contribution in [0.1, 0.15) is 36.1 Å². The molecule has 0 saturated heterocycles. The van der Waals surface area contributed by atoms with E-state index in [4.69, 9.17) is 20.8 Å². The third-order valence-electron chi connectivity index (χ3n) is 3.42. The zero-order valence-corrected chi connectivity index (χ0v) is 12.4. The van der Waals surface area contributed by atoms with Crippen molar-refractivity contribution < 1.29 is 14.1 Å². The Bertz CT molecular complexity index is 707. The smallest absolute Gasteiger partial charge is 0.433 e. The molecule has 0 radical (unpaired) electrons. The molecule has 6 heteroatoms. The third kappa shape index (κ3) is 2.61. The molecule has 2 heterocycles. The van der Waals surface area contributed by atoms with Gasteiger partial charge in [-0.3, -0.25) is 10.1 Å². The topological polar surface area (TPSA) is 65.5 Å². The summed E-state index contributed by atoms with van der Waals surface area (Å²) < 4.78 is 11.0. The van der Waals surface area contributed by atoms with Crippen molar-refractivity contribution in [1.82, 2.24) is 0 Å². The molecule has 0 aliphatic carbocycles. The number of fused-ring (bicyclic) bond motifs is 1. The van der Waals surface area contributed by atoms with Crippen molar-refractivity contribution in [2.45, 2.75) is 31.2 Å². The highest BCUT2D eigenvalue weighted by molar-refractivity contribution is 6.22. The summed E-state index contributed by atoms with van der Waals surface area (Å²) in [6.45, 7) is 4.06. The summed E-state index contributed by atoms with van der Waals surface area (Å²) in [5.41, 5.74) is 1.71.